The number of aromatic hydroxyl groups is 1. The van der Waals surface area contributed by atoms with E-state index in [9.17, 15) is 5.11 Å². The van der Waals surface area contributed by atoms with E-state index < -0.39 is 0 Å². The summed E-state index contributed by atoms with van der Waals surface area (Å²) in [5.41, 5.74) is 9.37. The van der Waals surface area contributed by atoms with Crippen molar-refractivity contribution in [1.82, 2.24) is 5.43 Å². The van der Waals surface area contributed by atoms with Gasteiger partial charge in [0.05, 0.1) is 5.39 Å². The normalized spacial score (nSPS) is 11.5. The molecule has 0 saturated carbocycles. The van der Waals surface area contributed by atoms with Crippen LogP contribution in [0.2, 0.25) is 0 Å². The Morgan fingerprint density at radius 1 is 1.14 bits per heavy atom. The zero-order valence-corrected chi connectivity index (χ0v) is 12.3. The fraction of sp³-hybridized carbons (Fsp3) is 0. The van der Waals surface area contributed by atoms with Crippen molar-refractivity contribution in [2.45, 2.75) is 0 Å². The van der Waals surface area contributed by atoms with Gasteiger partial charge < -0.3 is 15.3 Å². The summed E-state index contributed by atoms with van der Waals surface area (Å²) in [5.74, 6) is 0.701. The average Bonchev–Trinajstić information content (AvgIpc) is 2.53. The van der Waals surface area contributed by atoms with E-state index in [1.807, 2.05) is 30.3 Å². The molecule has 5 nitrogen and oxygen atoms in total. The third kappa shape index (κ3) is 2.77. The van der Waals surface area contributed by atoms with Gasteiger partial charge in [-0.3, -0.25) is 5.43 Å². The molecule has 0 fully saturated rings. The van der Waals surface area contributed by atoms with Crippen LogP contribution in [0.25, 0.3) is 22.3 Å². The summed E-state index contributed by atoms with van der Waals surface area (Å²) in [6.45, 7) is 0. The predicted octanol–water partition coefficient (Wildman–Crippen LogP) is 2.45. The molecule has 1 aromatic heterocycles. The summed E-state index contributed by atoms with van der Waals surface area (Å²) in [7, 11) is 0. The zero-order chi connectivity index (χ0) is 15.5. The number of phenols is 1. The molecule has 0 atom stereocenters. The standard InChI is InChI=1S/C16H13N3O2S/c17-16(22)19-18-11-9-14(10-5-2-1-3-6-10)21-13-8-4-7-12(20)15(11)13/h1-9,20H,(H3,17,19,22)/b18-11-. The number of fused-ring (bicyclic) bond motifs is 1. The highest BCUT2D eigenvalue weighted by Crippen LogP contribution is 2.26. The largest absolute Gasteiger partial charge is 0.507 e. The monoisotopic (exact) mass is 311 g/mol. The van der Waals surface area contributed by atoms with Gasteiger partial charge in [-0.2, -0.15) is 5.10 Å². The number of rotatable bonds is 2. The van der Waals surface area contributed by atoms with Gasteiger partial charge >= 0.3 is 0 Å². The third-order valence-corrected chi connectivity index (χ3v) is 3.18. The molecule has 4 N–H and O–H groups in total. The highest BCUT2D eigenvalue weighted by molar-refractivity contribution is 7.80. The molecule has 110 valence electrons. The van der Waals surface area contributed by atoms with Crippen molar-refractivity contribution in [3.63, 3.8) is 0 Å². The first-order chi connectivity index (χ1) is 10.6. The van der Waals surface area contributed by atoms with E-state index in [-0.39, 0.29) is 10.9 Å². The summed E-state index contributed by atoms with van der Waals surface area (Å²) in [5, 5.41) is 15.2. The zero-order valence-electron chi connectivity index (χ0n) is 11.5. The molecule has 6 heteroatoms. The minimum atomic E-state index is 0.0469. The molecule has 1 heterocycles. The van der Waals surface area contributed by atoms with E-state index in [0.717, 1.165) is 5.56 Å². The molecule has 0 aliphatic heterocycles. The van der Waals surface area contributed by atoms with Crippen LogP contribution in [0.15, 0.2) is 64.1 Å². The third-order valence-electron chi connectivity index (χ3n) is 3.09. The molecule has 0 aliphatic carbocycles. The van der Waals surface area contributed by atoms with Crippen LogP contribution in [0.1, 0.15) is 0 Å². The molecule has 0 radical (unpaired) electrons. The maximum absolute atomic E-state index is 10.1. The van der Waals surface area contributed by atoms with Crippen LogP contribution >= 0.6 is 12.2 Å². The van der Waals surface area contributed by atoms with Gasteiger partial charge in [0.25, 0.3) is 0 Å². The van der Waals surface area contributed by atoms with E-state index in [1.54, 1.807) is 24.3 Å². The van der Waals surface area contributed by atoms with Crippen molar-refractivity contribution >= 4 is 28.3 Å². The van der Waals surface area contributed by atoms with Crippen LogP contribution in [0.3, 0.4) is 0 Å². The lowest BCUT2D eigenvalue weighted by Crippen LogP contribution is -2.26. The molecule has 3 aromatic rings. The minimum absolute atomic E-state index is 0.0469. The first-order valence-corrected chi connectivity index (χ1v) is 6.96. The summed E-state index contributed by atoms with van der Waals surface area (Å²) in [4.78, 5) is 0. The number of hydrogen-bond acceptors (Lipinski definition) is 4. The van der Waals surface area contributed by atoms with Gasteiger partial charge in [0.15, 0.2) is 5.11 Å². The molecule has 0 bridgehead atoms. The molecule has 22 heavy (non-hydrogen) atoms. The van der Waals surface area contributed by atoms with Crippen LogP contribution in [0.5, 0.6) is 5.75 Å². The second-order valence-electron chi connectivity index (χ2n) is 4.60. The molecule has 0 unspecified atom stereocenters. The van der Waals surface area contributed by atoms with Crippen LogP contribution in [-0.2, 0) is 0 Å². The smallest absolute Gasteiger partial charge is 0.184 e. The van der Waals surface area contributed by atoms with Gasteiger partial charge in [-0.1, -0.05) is 36.4 Å². The second-order valence-corrected chi connectivity index (χ2v) is 5.04. The number of phenolic OH excluding ortho intramolecular Hbond substituents is 1. The Morgan fingerprint density at radius 2 is 1.91 bits per heavy atom. The molecule has 0 spiro atoms. The van der Waals surface area contributed by atoms with E-state index in [2.05, 4.69) is 10.5 Å². The van der Waals surface area contributed by atoms with Crippen LogP contribution in [-0.4, -0.2) is 10.2 Å². The molecular weight excluding hydrogens is 298 g/mol. The summed E-state index contributed by atoms with van der Waals surface area (Å²) < 4.78 is 5.86. The number of benzene rings is 2. The average molecular weight is 311 g/mol. The van der Waals surface area contributed by atoms with Crippen molar-refractivity contribution < 1.29 is 9.52 Å². The number of hydrogen-bond donors (Lipinski definition) is 3. The van der Waals surface area contributed by atoms with Crippen molar-refractivity contribution in [3.8, 4) is 17.1 Å². The highest BCUT2D eigenvalue weighted by atomic mass is 32.1. The quantitative estimate of drug-likeness (QED) is 0.500. The molecule has 3 rings (SSSR count). The fourth-order valence-electron chi connectivity index (χ4n) is 2.15. The predicted molar refractivity (Wildman–Crippen MR) is 88.8 cm³/mol. The lowest BCUT2D eigenvalue weighted by Gasteiger charge is -2.06. The first kappa shape index (κ1) is 14.1. The van der Waals surface area contributed by atoms with Gasteiger partial charge in [-0.05, 0) is 24.4 Å². The van der Waals surface area contributed by atoms with E-state index in [1.165, 1.54) is 0 Å². The Balaban J connectivity index is 2.30. The molecule has 2 aromatic carbocycles. The Bertz CT molecular complexity index is 904. The Morgan fingerprint density at radius 3 is 2.64 bits per heavy atom. The Labute approximate surface area is 131 Å². The molecule has 0 saturated heterocycles. The van der Waals surface area contributed by atoms with Crippen LogP contribution < -0.4 is 16.5 Å². The van der Waals surface area contributed by atoms with Gasteiger partial charge in [0.1, 0.15) is 22.5 Å². The van der Waals surface area contributed by atoms with Gasteiger partial charge in [0.2, 0.25) is 0 Å². The number of nitrogens with one attached hydrogen (secondary N) is 1. The molecular formula is C16H13N3O2S. The number of nitrogens with two attached hydrogens (primary N) is 1. The Hall–Kier alpha value is -2.86. The first-order valence-electron chi connectivity index (χ1n) is 6.55. The number of thiocarbonyl (C=S) groups is 1. The van der Waals surface area contributed by atoms with Crippen molar-refractivity contribution in [2.75, 3.05) is 0 Å². The molecule has 0 amide bonds. The lowest BCUT2D eigenvalue weighted by atomic mass is 10.1. The highest BCUT2D eigenvalue weighted by Gasteiger charge is 2.09. The fourth-order valence-corrected chi connectivity index (χ4v) is 2.20. The molecule has 0 aliphatic rings. The van der Waals surface area contributed by atoms with E-state index in [0.29, 0.717) is 22.1 Å². The topological polar surface area (TPSA) is 83.8 Å². The SMILES string of the molecule is NC(=S)N/N=c1/cc(-c2ccccc2)oc2cccc(O)c12. The summed E-state index contributed by atoms with van der Waals surface area (Å²) >= 11 is 4.76. The number of nitrogens with zero attached hydrogens (tertiary/aromatic N) is 1. The van der Waals surface area contributed by atoms with Crippen molar-refractivity contribution in [3.05, 3.63) is 60.0 Å². The van der Waals surface area contributed by atoms with Gasteiger partial charge in [-0.25, -0.2) is 0 Å². The Kier molecular flexibility index (Phi) is 3.76. The van der Waals surface area contributed by atoms with Crippen molar-refractivity contribution in [2.24, 2.45) is 10.8 Å². The van der Waals surface area contributed by atoms with Gasteiger partial charge in [0, 0.05) is 11.6 Å². The maximum atomic E-state index is 10.1. The van der Waals surface area contributed by atoms with Gasteiger partial charge in [-0.15, -0.1) is 0 Å². The lowest BCUT2D eigenvalue weighted by molar-refractivity contribution is 0.479. The van der Waals surface area contributed by atoms with Crippen LogP contribution in [0.4, 0.5) is 0 Å². The summed E-state index contributed by atoms with van der Waals surface area (Å²) in [6.07, 6.45) is 0. The minimum Gasteiger partial charge on any atom is -0.507 e. The van der Waals surface area contributed by atoms with E-state index in [4.69, 9.17) is 22.4 Å². The maximum Gasteiger partial charge on any atom is 0.184 e. The van der Waals surface area contributed by atoms with Crippen molar-refractivity contribution in [1.29, 1.82) is 0 Å². The summed E-state index contributed by atoms with van der Waals surface area (Å²) in [6, 6.07) is 16.4. The van der Waals surface area contributed by atoms with E-state index >= 15 is 0 Å². The van der Waals surface area contributed by atoms with Crippen LogP contribution in [0, 0.1) is 0 Å². The second kappa shape index (κ2) is 5.87.